The van der Waals surface area contributed by atoms with Gasteiger partial charge >= 0.3 is 0 Å². The quantitative estimate of drug-likeness (QED) is 0.683. The van der Waals surface area contributed by atoms with Crippen LogP contribution in [0.3, 0.4) is 0 Å². The number of ether oxygens (including phenoxy) is 3. The highest BCUT2D eigenvalue weighted by molar-refractivity contribution is 5.79. The van der Waals surface area contributed by atoms with Crippen LogP contribution in [0.4, 0.5) is 0 Å². The first kappa shape index (κ1) is 22.6. The molecular weight excluding hydrogens is 404 g/mol. The average Bonchev–Trinajstić information content (AvgIpc) is 3.22. The Labute approximate surface area is 190 Å². The van der Waals surface area contributed by atoms with Gasteiger partial charge in [-0.3, -0.25) is 9.69 Å². The lowest BCUT2D eigenvalue weighted by Gasteiger charge is -2.39. The van der Waals surface area contributed by atoms with Crippen LogP contribution in [-0.2, 0) is 22.5 Å². The van der Waals surface area contributed by atoms with E-state index in [1.54, 1.807) is 14.2 Å². The summed E-state index contributed by atoms with van der Waals surface area (Å²) in [5.74, 6) is 1.38. The van der Waals surface area contributed by atoms with Crippen LogP contribution < -0.4 is 14.8 Å². The first-order valence-electron chi connectivity index (χ1n) is 11.5. The molecule has 2 heterocycles. The molecule has 0 radical (unpaired) electrons. The molecule has 2 aliphatic heterocycles. The first-order chi connectivity index (χ1) is 15.6. The molecule has 0 aliphatic carbocycles. The maximum Gasteiger partial charge on any atom is 0.224 e. The lowest BCUT2D eigenvalue weighted by atomic mass is 9.88. The highest BCUT2D eigenvalue weighted by Gasteiger charge is 2.42. The number of methoxy groups -OCH3 is 2. The summed E-state index contributed by atoms with van der Waals surface area (Å²) in [6, 6.07) is 16.2. The zero-order valence-corrected chi connectivity index (χ0v) is 19.1. The molecule has 1 N–H and O–H groups in total. The van der Waals surface area contributed by atoms with Crippen LogP contribution in [0.2, 0.25) is 0 Å². The number of likely N-dealkylation sites (tertiary alicyclic amines) is 1. The van der Waals surface area contributed by atoms with Gasteiger partial charge in [-0.15, -0.1) is 0 Å². The van der Waals surface area contributed by atoms with Crippen LogP contribution in [0.1, 0.15) is 36.8 Å². The Bertz CT molecular complexity index is 894. The van der Waals surface area contributed by atoms with Gasteiger partial charge in [0, 0.05) is 31.7 Å². The fourth-order valence-corrected chi connectivity index (χ4v) is 4.85. The molecule has 6 nitrogen and oxygen atoms in total. The number of amides is 1. The molecule has 2 fully saturated rings. The van der Waals surface area contributed by atoms with Gasteiger partial charge in [-0.1, -0.05) is 30.3 Å². The minimum absolute atomic E-state index is 0.0153. The summed E-state index contributed by atoms with van der Waals surface area (Å²) in [6.07, 6.45) is 4.55. The van der Waals surface area contributed by atoms with Crippen molar-refractivity contribution in [3.63, 3.8) is 0 Å². The zero-order chi connectivity index (χ0) is 22.4. The van der Waals surface area contributed by atoms with E-state index in [9.17, 15) is 4.79 Å². The average molecular weight is 439 g/mol. The largest absolute Gasteiger partial charge is 0.497 e. The molecule has 4 rings (SSSR count). The number of nitrogens with one attached hydrogen (secondary N) is 1. The van der Waals surface area contributed by atoms with Crippen molar-refractivity contribution in [1.29, 1.82) is 0 Å². The van der Waals surface area contributed by atoms with Crippen LogP contribution in [0.5, 0.6) is 11.5 Å². The minimum Gasteiger partial charge on any atom is -0.497 e. The van der Waals surface area contributed by atoms with Gasteiger partial charge < -0.3 is 19.5 Å². The fourth-order valence-electron chi connectivity index (χ4n) is 4.85. The topological polar surface area (TPSA) is 60.0 Å². The summed E-state index contributed by atoms with van der Waals surface area (Å²) in [5, 5.41) is 3.05. The van der Waals surface area contributed by atoms with Crippen LogP contribution in [-0.4, -0.2) is 56.4 Å². The molecule has 0 bridgehead atoms. The Hall–Kier alpha value is -2.57. The molecule has 32 heavy (non-hydrogen) atoms. The molecule has 1 spiro atoms. The Morgan fingerprint density at radius 2 is 1.88 bits per heavy atom. The maximum atomic E-state index is 12.6. The zero-order valence-electron chi connectivity index (χ0n) is 19.1. The molecule has 0 aromatic heterocycles. The van der Waals surface area contributed by atoms with Gasteiger partial charge in [0.05, 0.1) is 32.3 Å². The molecule has 2 aromatic rings. The van der Waals surface area contributed by atoms with Gasteiger partial charge in [0.15, 0.2) is 0 Å². The standard InChI is InChI=1S/C26H34N2O4/c1-30-22-8-9-24(31-2)21(16-22)17-25(29)27-18-23-10-11-26(32-23)12-14-28(15-13-26)19-20-6-4-3-5-7-20/h3-9,16,23H,10-15,17-19H2,1-2H3,(H,27,29). The normalized spacial score (nSPS) is 20.2. The number of piperidine rings is 1. The Kier molecular flexibility index (Phi) is 7.33. The lowest BCUT2D eigenvalue weighted by Crippen LogP contribution is -2.44. The molecule has 6 heteroatoms. The van der Waals surface area contributed by atoms with E-state index in [0.29, 0.717) is 18.0 Å². The summed E-state index contributed by atoms with van der Waals surface area (Å²) in [4.78, 5) is 15.1. The van der Waals surface area contributed by atoms with E-state index in [4.69, 9.17) is 14.2 Å². The fraction of sp³-hybridized carbons (Fsp3) is 0.500. The van der Waals surface area contributed by atoms with Crippen molar-refractivity contribution in [2.45, 2.75) is 50.4 Å². The predicted molar refractivity (Wildman–Crippen MR) is 124 cm³/mol. The number of nitrogens with zero attached hydrogens (tertiary/aromatic N) is 1. The molecular formula is C26H34N2O4. The number of benzene rings is 2. The van der Waals surface area contributed by atoms with Crippen molar-refractivity contribution in [1.82, 2.24) is 10.2 Å². The van der Waals surface area contributed by atoms with Crippen molar-refractivity contribution in [2.75, 3.05) is 33.9 Å². The summed E-state index contributed by atoms with van der Waals surface area (Å²) in [6.45, 7) is 3.68. The second-order valence-electron chi connectivity index (χ2n) is 8.88. The van der Waals surface area contributed by atoms with Gasteiger partial charge in [-0.05, 0) is 49.4 Å². The summed E-state index contributed by atoms with van der Waals surface area (Å²) in [7, 11) is 3.23. The van der Waals surface area contributed by atoms with Crippen molar-refractivity contribution < 1.29 is 19.0 Å². The highest BCUT2D eigenvalue weighted by Crippen LogP contribution is 2.39. The van der Waals surface area contributed by atoms with Crippen molar-refractivity contribution >= 4 is 5.91 Å². The lowest BCUT2D eigenvalue weighted by molar-refractivity contribution is -0.122. The molecule has 2 saturated heterocycles. The highest BCUT2D eigenvalue weighted by atomic mass is 16.5. The van der Waals surface area contributed by atoms with Gasteiger partial charge in [0.2, 0.25) is 5.91 Å². The molecule has 172 valence electrons. The first-order valence-corrected chi connectivity index (χ1v) is 11.5. The summed E-state index contributed by atoms with van der Waals surface area (Å²) >= 11 is 0. The van der Waals surface area contributed by atoms with Gasteiger partial charge in [0.1, 0.15) is 11.5 Å². The molecule has 2 aromatic carbocycles. The number of carbonyl (C=O) groups is 1. The summed E-state index contributed by atoms with van der Waals surface area (Å²) < 4.78 is 17.1. The van der Waals surface area contributed by atoms with Crippen LogP contribution in [0.15, 0.2) is 48.5 Å². The van der Waals surface area contributed by atoms with E-state index in [1.807, 2.05) is 18.2 Å². The van der Waals surface area contributed by atoms with Gasteiger partial charge in [-0.2, -0.15) is 0 Å². The third kappa shape index (κ3) is 5.61. The predicted octanol–water partition coefficient (Wildman–Crippen LogP) is 3.58. The van der Waals surface area contributed by atoms with E-state index in [1.165, 1.54) is 5.56 Å². The van der Waals surface area contributed by atoms with Crippen molar-refractivity contribution in [2.24, 2.45) is 0 Å². The molecule has 1 amide bonds. The monoisotopic (exact) mass is 438 g/mol. The maximum absolute atomic E-state index is 12.6. The number of rotatable bonds is 8. The van der Waals surface area contributed by atoms with E-state index in [2.05, 4.69) is 40.5 Å². The number of hydrogen-bond donors (Lipinski definition) is 1. The van der Waals surface area contributed by atoms with Crippen molar-refractivity contribution in [3.8, 4) is 11.5 Å². The Balaban J connectivity index is 1.22. The van der Waals surface area contributed by atoms with Crippen LogP contribution in [0.25, 0.3) is 0 Å². The van der Waals surface area contributed by atoms with Crippen LogP contribution >= 0.6 is 0 Å². The van der Waals surface area contributed by atoms with Gasteiger partial charge in [0.25, 0.3) is 0 Å². The third-order valence-corrected chi connectivity index (χ3v) is 6.72. The SMILES string of the molecule is COc1ccc(OC)c(CC(=O)NCC2CCC3(CCN(Cc4ccccc4)CC3)O2)c1. The second-order valence-corrected chi connectivity index (χ2v) is 8.88. The molecule has 0 saturated carbocycles. The number of hydrogen-bond acceptors (Lipinski definition) is 5. The molecule has 1 atom stereocenters. The minimum atomic E-state index is -0.0289. The summed E-state index contributed by atoms with van der Waals surface area (Å²) in [5.41, 5.74) is 2.17. The number of carbonyl (C=O) groups excluding carboxylic acids is 1. The van der Waals surface area contributed by atoms with E-state index < -0.39 is 0 Å². The molecule has 1 unspecified atom stereocenters. The third-order valence-electron chi connectivity index (χ3n) is 6.72. The smallest absolute Gasteiger partial charge is 0.224 e. The van der Waals surface area contributed by atoms with E-state index >= 15 is 0 Å². The van der Waals surface area contributed by atoms with E-state index in [-0.39, 0.29) is 24.0 Å². The van der Waals surface area contributed by atoms with Crippen LogP contribution in [0, 0.1) is 0 Å². The van der Waals surface area contributed by atoms with Crippen molar-refractivity contribution in [3.05, 3.63) is 59.7 Å². The Morgan fingerprint density at radius 1 is 1.09 bits per heavy atom. The Morgan fingerprint density at radius 3 is 2.59 bits per heavy atom. The van der Waals surface area contributed by atoms with Gasteiger partial charge in [-0.25, -0.2) is 0 Å². The molecule has 2 aliphatic rings. The van der Waals surface area contributed by atoms with E-state index in [0.717, 1.165) is 50.9 Å². The second kappa shape index (κ2) is 10.4.